The first-order valence-corrected chi connectivity index (χ1v) is 10.4. The first kappa shape index (κ1) is 19.7. The Hall–Kier alpha value is -2.06. The maximum absolute atomic E-state index is 12.6. The number of para-hydroxylation sites is 1. The van der Waals surface area contributed by atoms with Crippen molar-refractivity contribution in [3.63, 3.8) is 0 Å². The van der Waals surface area contributed by atoms with Crippen molar-refractivity contribution in [3.05, 3.63) is 29.8 Å². The molecule has 0 radical (unpaired) electrons. The molecule has 3 rings (SSSR count). The summed E-state index contributed by atoms with van der Waals surface area (Å²) in [5, 5.41) is 12.4. The van der Waals surface area contributed by atoms with Crippen LogP contribution in [0.4, 0.5) is 0 Å². The molecule has 0 aromatic heterocycles. The van der Waals surface area contributed by atoms with Gasteiger partial charge in [-0.3, -0.25) is 9.69 Å². The lowest BCUT2D eigenvalue weighted by molar-refractivity contribution is -0.128. The molecule has 146 valence electrons. The van der Waals surface area contributed by atoms with E-state index in [4.69, 9.17) is 10.00 Å². The van der Waals surface area contributed by atoms with Gasteiger partial charge >= 0.3 is 0 Å². The Bertz CT molecular complexity index is 649. The second-order valence-corrected chi connectivity index (χ2v) is 7.70. The summed E-state index contributed by atoms with van der Waals surface area (Å²) in [5.41, 5.74) is 0.577. The van der Waals surface area contributed by atoms with Crippen molar-refractivity contribution < 1.29 is 9.53 Å². The van der Waals surface area contributed by atoms with Crippen molar-refractivity contribution in [2.75, 3.05) is 19.7 Å². The van der Waals surface area contributed by atoms with Crippen molar-refractivity contribution in [3.8, 4) is 11.8 Å². The molecule has 1 amide bonds. The van der Waals surface area contributed by atoms with Gasteiger partial charge in [-0.2, -0.15) is 5.26 Å². The van der Waals surface area contributed by atoms with E-state index in [2.05, 4.69) is 16.3 Å². The Labute approximate surface area is 162 Å². The highest BCUT2D eigenvalue weighted by Crippen LogP contribution is 2.25. The molecule has 1 saturated heterocycles. The fraction of sp³-hybridized carbons (Fsp3) is 0.636. The van der Waals surface area contributed by atoms with E-state index >= 15 is 0 Å². The molecule has 1 saturated carbocycles. The second-order valence-electron chi connectivity index (χ2n) is 7.70. The molecular weight excluding hydrogens is 338 g/mol. The van der Waals surface area contributed by atoms with Gasteiger partial charge in [0.25, 0.3) is 0 Å². The Kier molecular flexibility index (Phi) is 7.53. The molecule has 1 aromatic carbocycles. The average molecular weight is 370 g/mol. The van der Waals surface area contributed by atoms with Gasteiger partial charge in [-0.15, -0.1) is 0 Å². The third-order valence-electron chi connectivity index (χ3n) is 5.75. The molecule has 0 spiro atoms. The third-order valence-corrected chi connectivity index (χ3v) is 5.75. The minimum Gasteiger partial charge on any atom is -0.492 e. The fourth-order valence-corrected chi connectivity index (χ4v) is 4.20. The molecule has 5 nitrogen and oxygen atoms in total. The Morgan fingerprint density at radius 2 is 1.93 bits per heavy atom. The zero-order valence-corrected chi connectivity index (χ0v) is 16.2. The summed E-state index contributed by atoms with van der Waals surface area (Å²) < 4.78 is 5.79. The quantitative estimate of drug-likeness (QED) is 0.742. The number of amides is 1. The van der Waals surface area contributed by atoms with Crippen LogP contribution in [0.3, 0.4) is 0 Å². The van der Waals surface area contributed by atoms with E-state index in [9.17, 15) is 4.79 Å². The number of rotatable bonds is 7. The highest BCUT2D eigenvalue weighted by molar-refractivity contribution is 5.78. The minimum atomic E-state index is 0.166. The molecule has 1 atom stereocenters. The SMILES string of the molecule is N#Cc1ccccc1OCCCN1CCCCC1NC(=O)C1CCCCC1. The predicted octanol–water partition coefficient (Wildman–Crippen LogP) is 3.84. The summed E-state index contributed by atoms with van der Waals surface area (Å²) in [5.74, 6) is 1.12. The fourth-order valence-electron chi connectivity index (χ4n) is 4.20. The molecule has 1 heterocycles. The minimum absolute atomic E-state index is 0.166. The van der Waals surface area contributed by atoms with Crippen molar-refractivity contribution in [1.82, 2.24) is 10.2 Å². The van der Waals surface area contributed by atoms with Crippen LogP contribution in [0.15, 0.2) is 24.3 Å². The maximum Gasteiger partial charge on any atom is 0.224 e. The number of carbonyl (C=O) groups excluding carboxylic acids is 1. The van der Waals surface area contributed by atoms with Gasteiger partial charge in [0.15, 0.2) is 0 Å². The lowest BCUT2D eigenvalue weighted by Crippen LogP contribution is -2.52. The molecule has 2 aliphatic rings. The van der Waals surface area contributed by atoms with Crippen molar-refractivity contribution in [2.24, 2.45) is 5.92 Å². The summed E-state index contributed by atoms with van der Waals surface area (Å²) in [4.78, 5) is 15.0. The molecule has 5 heteroatoms. The Morgan fingerprint density at radius 3 is 2.74 bits per heavy atom. The summed E-state index contributed by atoms with van der Waals surface area (Å²) in [6, 6.07) is 9.51. The van der Waals surface area contributed by atoms with Crippen molar-refractivity contribution >= 4 is 5.91 Å². The number of carbonyl (C=O) groups is 1. The molecule has 1 aliphatic heterocycles. The number of hydrogen-bond donors (Lipinski definition) is 1. The van der Waals surface area contributed by atoms with Crippen LogP contribution in [0.5, 0.6) is 5.75 Å². The molecule has 1 N–H and O–H groups in total. The number of piperidine rings is 1. The molecule has 2 fully saturated rings. The van der Waals surface area contributed by atoms with Crippen LogP contribution in [0, 0.1) is 17.2 Å². The summed E-state index contributed by atoms with van der Waals surface area (Å²) in [6.45, 7) is 2.52. The number of hydrogen-bond acceptors (Lipinski definition) is 4. The third kappa shape index (κ3) is 5.71. The molecule has 1 aromatic rings. The topological polar surface area (TPSA) is 65.4 Å². The molecule has 1 aliphatic carbocycles. The van der Waals surface area contributed by atoms with Gasteiger partial charge < -0.3 is 10.1 Å². The van der Waals surface area contributed by atoms with Crippen LogP contribution in [0.2, 0.25) is 0 Å². The first-order chi connectivity index (χ1) is 13.3. The van der Waals surface area contributed by atoms with Crippen LogP contribution in [-0.4, -0.2) is 36.7 Å². The number of nitrogens with one attached hydrogen (secondary N) is 1. The number of benzene rings is 1. The van der Waals surface area contributed by atoms with Gasteiger partial charge in [0, 0.05) is 19.0 Å². The summed E-state index contributed by atoms with van der Waals surface area (Å²) in [7, 11) is 0. The van der Waals surface area contributed by atoms with E-state index in [-0.39, 0.29) is 18.0 Å². The van der Waals surface area contributed by atoms with Gasteiger partial charge in [-0.25, -0.2) is 0 Å². The van der Waals surface area contributed by atoms with Crippen molar-refractivity contribution in [1.29, 1.82) is 5.26 Å². The largest absolute Gasteiger partial charge is 0.492 e. The van der Waals surface area contributed by atoms with E-state index < -0.39 is 0 Å². The first-order valence-electron chi connectivity index (χ1n) is 10.4. The van der Waals surface area contributed by atoms with Crippen LogP contribution in [-0.2, 0) is 4.79 Å². The highest BCUT2D eigenvalue weighted by Gasteiger charge is 2.27. The normalized spacial score (nSPS) is 21.4. The standard InChI is InChI=1S/C22H31N3O2/c23-17-19-11-4-5-12-20(19)27-16-8-15-25-14-7-6-13-21(25)24-22(26)18-9-2-1-3-10-18/h4-5,11-12,18,21H,1-3,6-10,13-16H2,(H,24,26). The van der Waals surface area contributed by atoms with E-state index in [1.165, 1.54) is 32.1 Å². The van der Waals surface area contributed by atoms with E-state index in [1.54, 1.807) is 6.07 Å². The van der Waals surface area contributed by atoms with Gasteiger partial charge in [0.1, 0.15) is 11.8 Å². The zero-order valence-electron chi connectivity index (χ0n) is 16.2. The highest BCUT2D eigenvalue weighted by atomic mass is 16.5. The van der Waals surface area contributed by atoms with Crippen LogP contribution in [0.25, 0.3) is 0 Å². The average Bonchev–Trinajstić information content (AvgIpc) is 2.73. The molecule has 0 bridgehead atoms. The predicted molar refractivity (Wildman–Crippen MR) is 105 cm³/mol. The number of likely N-dealkylation sites (tertiary alicyclic amines) is 1. The number of nitrogens with zero attached hydrogens (tertiary/aromatic N) is 2. The van der Waals surface area contributed by atoms with Crippen LogP contribution >= 0.6 is 0 Å². The molecule has 1 unspecified atom stereocenters. The zero-order chi connectivity index (χ0) is 18.9. The van der Waals surface area contributed by atoms with E-state index in [0.29, 0.717) is 17.9 Å². The monoisotopic (exact) mass is 369 g/mol. The Morgan fingerprint density at radius 1 is 1.15 bits per heavy atom. The van der Waals surface area contributed by atoms with Crippen molar-refractivity contribution in [2.45, 2.75) is 64.0 Å². The lowest BCUT2D eigenvalue weighted by atomic mass is 9.88. The van der Waals surface area contributed by atoms with Gasteiger partial charge in [0.05, 0.1) is 18.3 Å². The van der Waals surface area contributed by atoms with Gasteiger partial charge in [0.2, 0.25) is 5.91 Å². The van der Waals surface area contributed by atoms with Crippen LogP contribution < -0.4 is 10.1 Å². The van der Waals surface area contributed by atoms with Gasteiger partial charge in [-0.05, 0) is 50.7 Å². The smallest absolute Gasteiger partial charge is 0.224 e. The molecule has 27 heavy (non-hydrogen) atoms. The van der Waals surface area contributed by atoms with Crippen LogP contribution in [0.1, 0.15) is 63.4 Å². The summed E-state index contributed by atoms with van der Waals surface area (Å²) >= 11 is 0. The van der Waals surface area contributed by atoms with Gasteiger partial charge in [-0.1, -0.05) is 31.4 Å². The maximum atomic E-state index is 12.6. The number of ether oxygens (including phenoxy) is 1. The van der Waals surface area contributed by atoms with E-state index in [0.717, 1.165) is 38.8 Å². The molecular formula is C22H31N3O2. The lowest BCUT2D eigenvalue weighted by Gasteiger charge is -2.37. The second kappa shape index (κ2) is 10.3. The van der Waals surface area contributed by atoms with E-state index in [1.807, 2.05) is 18.2 Å². The number of nitriles is 1. The Balaban J connectivity index is 1.44. The summed E-state index contributed by atoms with van der Waals surface area (Å²) in [6.07, 6.45) is 10.2.